The SMILES string of the molecule is Cc1ccc([N+]2=C(c3ccc(F)cc3)CC(C(F)(F)F)=N2)cc1. The molecule has 0 bridgehead atoms. The molecule has 0 saturated heterocycles. The van der Waals surface area contributed by atoms with Gasteiger partial charge in [-0.3, -0.25) is 0 Å². The molecule has 0 saturated carbocycles. The van der Waals surface area contributed by atoms with Gasteiger partial charge in [0.15, 0.2) is 5.71 Å². The molecule has 0 N–H and O–H groups in total. The first-order valence-electron chi connectivity index (χ1n) is 6.98. The Balaban J connectivity index is 2.10. The Hall–Kier alpha value is -2.50. The standard InChI is InChI=1S/C17H13F4N2/c1-11-2-8-14(9-3-11)23-15(10-16(22-23)17(19,20)21)12-4-6-13(18)7-5-12/h2-9H,10H2,1H3/q+1. The summed E-state index contributed by atoms with van der Waals surface area (Å²) in [5, 5.41) is 3.73. The van der Waals surface area contributed by atoms with Crippen molar-refractivity contribution in [2.45, 2.75) is 19.5 Å². The highest BCUT2D eigenvalue weighted by atomic mass is 19.4. The van der Waals surface area contributed by atoms with Crippen molar-refractivity contribution in [3.8, 4) is 0 Å². The molecule has 0 atom stereocenters. The molecule has 0 amide bonds. The van der Waals surface area contributed by atoms with E-state index in [2.05, 4.69) is 5.10 Å². The summed E-state index contributed by atoms with van der Waals surface area (Å²) in [7, 11) is 0. The molecule has 1 aliphatic heterocycles. The van der Waals surface area contributed by atoms with Crippen molar-refractivity contribution in [3.05, 3.63) is 65.5 Å². The maximum atomic E-state index is 13.1. The second-order valence-electron chi connectivity index (χ2n) is 5.32. The second-order valence-corrected chi connectivity index (χ2v) is 5.32. The van der Waals surface area contributed by atoms with Crippen LogP contribution in [0.2, 0.25) is 0 Å². The van der Waals surface area contributed by atoms with E-state index in [0.717, 1.165) is 5.56 Å². The molecule has 2 aromatic carbocycles. The van der Waals surface area contributed by atoms with E-state index in [9.17, 15) is 17.6 Å². The fourth-order valence-corrected chi connectivity index (χ4v) is 2.37. The maximum absolute atomic E-state index is 13.1. The molecule has 2 nitrogen and oxygen atoms in total. The smallest absolute Gasteiger partial charge is 0.207 e. The van der Waals surface area contributed by atoms with Gasteiger partial charge in [0, 0.05) is 22.8 Å². The number of halogens is 4. The van der Waals surface area contributed by atoms with Gasteiger partial charge in [-0.05, 0) is 35.9 Å². The number of nitrogens with zero attached hydrogens (tertiary/aromatic N) is 2. The minimum Gasteiger partial charge on any atom is -0.207 e. The minimum absolute atomic E-state index is 0.344. The average Bonchev–Trinajstić information content (AvgIpc) is 2.94. The molecule has 6 heteroatoms. The molecule has 3 rings (SSSR count). The molecule has 0 unspecified atom stereocenters. The van der Waals surface area contributed by atoms with Crippen LogP contribution in [0, 0.1) is 12.7 Å². The molecular weight excluding hydrogens is 308 g/mol. The van der Waals surface area contributed by atoms with Crippen LogP contribution < -0.4 is 0 Å². The van der Waals surface area contributed by atoms with Gasteiger partial charge in [0.25, 0.3) is 0 Å². The monoisotopic (exact) mass is 321 g/mol. The Morgan fingerprint density at radius 2 is 1.57 bits per heavy atom. The van der Waals surface area contributed by atoms with Crippen LogP contribution >= 0.6 is 0 Å². The fraction of sp³-hybridized carbons (Fsp3) is 0.176. The number of hydrogen-bond donors (Lipinski definition) is 0. The van der Waals surface area contributed by atoms with Crippen LogP contribution in [-0.4, -0.2) is 22.3 Å². The first-order chi connectivity index (χ1) is 10.8. The predicted molar refractivity (Wildman–Crippen MR) is 79.7 cm³/mol. The topological polar surface area (TPSA) is 15.4 Å². The van der Waals surface area contributed by atoms with E-state index in [1.807, 2.05) is 6.92 Å². The number of hydrogen-bond acceptors (Lipinski definition) is 1. The van der Waals surface area contributed by atoms with Crippen molar-refractivity contribution in [2.24, 2.45) is 5.10 Å². The van der Waals surface area contributed by atoms with Gasteiger partial charge < -0.3 is 0 Å². The third kappa shape index (κ3) is 3.16. The van der Waals surface area contributed by atoms with Gasteiger partial charge in [0.05, 0.1) is 6.42 Å². The zero-order chi connectivity index (χ0) is 16.6. The molecule has 0 aliphatic carbocycles. The molecular formula is C17H13F4N2+. The predicted octanol–water partition coefficient (Wildman–Crippen LogP) is 4.59. The lowest BCUT2D eigenvalue weighted by molar-refractivity contribution is -0.442. The van der Waals surface area contributed by atoms with Gasteiger partial charge in [-0.15, -0.1) is 0 Å². The van der Waals surface area contributed by atoms with Gasteiger partial charge in [-0.25, -0.2) is 4.39 Å². The van der Waals surface area contributed by atoms with E-state index in [1.54, 1.807) is 24.3 Å². The van der Waals surface area contributed by atoms with Crippen molar-refractivity contribution in [2.75, 3.05) is 0 Å². The zero-order valence-corrected chi connectivity index (χ0v) is 12.2. The minimum atomic E-state index is -4.50. The van der Waals surface area contributed by atoms with Gasteiger partial charge in [0.1, 0.15) is 5.82 Å². The molecule has 0 spiro atoms. The highest BCUT2D eigenvalue weighted by Gasteiger charge is 2.45. The third-order valence-electron chi connectivity index (χ3n) is 3.59. The lowest BCUT2D eigenvalue weighted by Gasteiger charge is -2.01. The molecule has 0 aromatic heterocycles. The van der Waals surface area contributed by atoms with E-state index in [0.29, 0.717) is 17.0 Å². The van der Waals surface area contributed by atoms with Crippen LogP contribution in [0.5, 0.6) is 0 Å². The maximum Gasteiger partial charge on any atom is 0.435 e. The van der Waals surface area contributed by atoms with Gasteiger partial charge >= 0.3 is 6.18 Å². The normalized spacial score (nSPS) is 15.1. The van der Waals surface area contributed by atoms with Crippen molar-refractivity contribution in [1.82, 2.24) is 0 Å². The van der Waals surface area contributed by atoms with E-state index in [1.165, 1.54) is 28.9 Å². The number of aryl methyl sites for hydroxylation is 1. The summed E-state index contributed by atoms with van der Waals surface area (Å²) in [6.07, 6.45) is -4.84. The van der Waals surface area contributed by atoms with Crippen LogP contribution in [0.25, 0.3) is 0 Å². The summed E-state index contributed by atoms with van der Waals surface area (Å²) in [5.74, 6) is -0.439. The Labute approximate surface area is 130 Å². The van der Waals surface area contributed by atoms with Crippen molar-refractivity contribution in [3.63, 3.8) is 0 Å². The van der Waals surface area contributed by atoms with Crippen molar-refractivity contribution in [1.29, 1.82) is 0 Å². The average molecular weight is 321 g/mol. The van der Waals surface area contributed by atoms with Crippen LogP contribution in [0.1, 0.15) is 17.5 Å². The summed E-state index contributed by atoms with van der Waals surface area (Å²) >= 11 is 0. The first-order valence-corrected chi connectivity index (χ1v) is 6.98. The van der Waals surface area contributed by atoms with Crippen molar-refractivity contribution < 1.29 is 22.2 Å². The number of hydrazone groups is 1. The fourth-order valence-electron chi connectivity index (χ4n) is 2.37. The quantitative estimate of drug-likeness (QED) is 0.568. The molecule has 0 fully saturated rings. The Kier molecular flexibility index (Phi) is 3.75. The molecule has 2 aromatic rings. The van der Waals surface area contributed by atoms with E-state index in [-0.39, 0.29) is 6.42 Å². The number of rotatable bonds is 2. The molecule has 23 heavy (non-hydrogen) atoms. The van der Waals surface area contributed by atoms with E-state index in [4.69, 9.17) is 0 Å². The lowest BCUT2D eigenvalue weighted by atomic mass is 10.0. The van der Waals surface area contributed by atoms with E-state index < -0.39 is 17.7 Å². The lowest BCUT2D eigenvalue weighted by Crippen LogP contribution is -2.22. The number of alkyl halides is 3. The summed E-state index contributed by atoms with van der Waals surface area (Å²) in [5.41, 5.74) is 1.55. The largest absolute Gasteiger partial charge is 0.435 e. The van der Waals surface area contributed by atoms with Gasteiger partial charge in [-0.1, -0.05) is 17.7 Å². The van der Waals surface area contributed by atoms with Crippen molar-refractivity contribution >= 4 is 17.1 Å². The summed E-state index contributed by atoms with van der Waals surface area (Å²) in [6, 6.07) is 12.4. The molecule has 0 radical (unpaired) electrons. The molecule has 1 aliphatic rings. The third-order valence-corrected chi connectivity index (χ3v) is 3.59. The van der Waals surface area contributed by atoms with Gasteiger partial charge in [0.2, 0.25) is 11.4 Å². The van der Waals surface area contributed by atoms with Gasteiger partial charge in [-0.2, -0.15) is 13.2 Å². The number of benzene rings is 2. The Morgan fingerprint density at radius 1 is 0.957 bits per heavy atom. The summed E-state index contributed by atoms with van der Waals surface area (Å²) in [6.45, 7) is 1.89. The van der Waals surface area contributed by atoms with Crippen LogP contribution in [-0.2, 0) is 0 Å². The Morgan fingerprint density at radius 3 is 2.13 bits per heavy atom. The molecule has 1 heterocycles. The van der Waals surface area contributed by atoms with Crippen LogP contribution in [0.3, 0.4) is 0 Å². The molecule has 118 valence electrons. The van der Waals surface area contributed by atoms with Crippen LogP contribution in [0.15, 0.2) is 53.6 Å². The summed E-state index contributed by atoms with van der Waals surface area (Å²) < 4.78 is 53.5. The first kappa shape index (κ1) is 15.4. The highest BCUT2D eigenvalue weighted by molar-refractivity contribution is 6.13. The Bertz CT molecular complexity index is 785. The second kappa shape index (κ2) is 5.61. The van der Waals surface area contributed by atoms with E-state index >= 15 is 0 Å². The highest BCUT2D eigenvalue weighted by Crippen LogP contribution is 2.28. The zero-order valence-electron chi connectivity index (χ0n) is 12.2. The summed E-state index contributed by atoms with van der Waals surface area (Å²) in [4.78, 5) is 0. The van der Waals surface area contributed by atoms with Crippen LogP contribution in [0.4, 0.5) is 23.2 Å².